The van der Waals surface area contributed by atoms with Gasteiger partial charge in [-0.1, -0.05) is 50.2 Å². The molecule has 4 nitrogen and oxygen atoms in total. The van der Waals surface area contributed by atoms with Crippen molar-refractivity contribution in [2.75, 3.05) is 23.7 Å². The monoisotopic (exact) mass is 492 g/mol. The Morgan fingerprint density at radius 1 is 1.21 bits per heavy atom. The normalized spacial score (nSPS) is 14.8. The summed E-state index contributed by atoms with van der Waals surface area (Å²) in [5.74, 6) is 5.26. The summed E-state index contributed by atoms with van der Waals surface area (Å²) < 4.78 is 57.1. The first-order valence-corrected chi connectivity index (χ1v) is 11.8. The van der Waals surface area contributed by atoms with Crippen LogP contribution in [-0.2, 0) is 6.54 Å². The highest BCUT2D eigenvalue weighted by Crippen LogP contribution is 2.34. The first kappa shape index (κ1) is 25.8. The van der Waals surface area contributed by atoms with Gasteiger partial charge in [0.05, 0.1) is 6.54 Å². The highest BCUT2D eigenvalue weighted by molar-refractivity contribution is 7.97. The maximum absolute atomic E-state index is 15.1. The topological polar surface area (TPSA) is 44.9 Å². The standard InChI is InChI=1S/C25H28F4N4S/c1-4-34-32-13-20(14-32)17(3)33(22-7-5-6-21(26)12-22)15-19-9-8-18(11-23(19)27)16(2)10-24(31-30)25(28)29/h5-9,11-12,20,25H,2-4,10,13-15,30H2,1H3/b31-24+. The molecule has 2 aromatic carbocycles. The van der Waals surface area contributed by atoms with Crippen molar-refractivity contribution in [1.29, 1.82) is 0 Å². The van der Waals surface area contributed by atoms with E-state index in [1.54, 1.807) is 36.2 Å². The van der Waals surface area contributed by atoms with E-state index < -0.39 is 23.8 Å². The number of nitrogens with two attached hydrogens (primary N) is 1. The summed E-state index contributed by atoms with van der Waals surface area (Å²) in [6.45, 7) is 11.9. The molecule has 0 radical (unpaired) electrons. The van der Waals surface area contributed by atoms with E-state index in [2.05, 4.69) is 29.5 Å². The predicted molar refractivity (Wildman–Crippen MR) is 133 cm³/mol. The number of nitrogens with zero attached hydrogens (tertiary/aromatic N) is 3. The lowest BCUT2D eigenvalue weighted by molar-refractivity contribution is 0.223. The fourth-order valence-corrected chi connectivity index (χ4v) is 4.66. The Kier molecular flexibility index (Phi) is 8.79. The van der Waals surface area contributed by atoms with Crippen LogP contribution in [-0.4, -0.2) is 35.3 Å². The van der Waals surface area contributed by atoms with Crippen LogP contribution in [0.4, 0.5) is 23.2 Å². The number of alkyl halides is 2. The van der Waals surface area contributed by atoms with Gasteiger partial charge < -0.3 is 10.7 Å². The molecule has 1 aliphatic rings. The van der Waals surface area contributed by atoms with Crippen molar-refractivity contribution < 1.29 is 17.6 Å². The smallest absolute Gasteiger partial charge is 0.278 e. The van der Waals surface area contributed by atoms with Crippen molar-refractivity contribution in [2.45, 2.75) is 26.3 Å². The Hall–Kier alpha value is -2.78. The minimum atomic E-state index is -2.81. The molecule has 0 amide bonds. The van der Waals surface area contributed by atoms with E-state index in [4.69, 9.17) is 5.84 Å². The summed E-state index contributed by atoms with van der Waals surface area (Å²) >= 11 is 1.75. The molecule has 0 bridgehead atoms. The van der Waals surface area contributed by atoms with Crippen molar-refractivity contribution in [1.82, 2.24) is 4.31 Å². The van der Waals surface area contributed by atoms with Crippen molar-refractivity contribution in [3.05, 3.63) is 84.1 Å². The Morgan fingerprint density at radius 2 is 1.94 bits per heavy atom. The SMILES string of the molecule is C=C(C/C(=N\N)C(F)F)c1ccc(CN(C(=C)C2CN(SCC)C2)c2cccc(F)c2)c(F)c1. The summed E-state index contributed by atoms with van der Waals surface area (Å²) in [4.78, 5) is 1.82. The number of benzene rings is 2. The largest absolute Gasteiger partial charge is 0.341 e. The molecular weight excluding hydrogens is 464 g/mol. The molecule has 2 aromatic rings. The Bertz CT molecular complexity index is 1070. The number of rotatable bonds is 11. The van der Waals surface area contributed by atoms with Gasteiger partial charge in [0.1, 0.15) is 17.3 Å². The summed E-state index contributed by atoms with van der Waals surface area (Å²) in [6.07, 6.45) is -3.07. The summed E-state index contributed by atoms with van der Waals surface area (Å²) in [5, 5.41) is 3.10. The third kappa shape index (κ3) is 6.21. The first-order chi connectivity index (χ1) is 16.2. The lowest BCUT2D eigenvalue weighted by Gasteiger charge is -2.42. The molecule has 1 aliphatic heterocycles. The van der Waals surface area contributed by atoms with Gasteiger partial charge in [-0.2, -0.15) is 5.10 Å². The fraction of sp³-hybridized carbons (Fsp3) is 0.320. The Balaban J connectivity index is 1.81. The zero-order chi connectivity index (χ0) is 24.8. The lowest BCUT2D eigenvalue weighted by Crippen LogP contribution is -2.46. The quantitative estimate of drug-likeness (QED) is 0.136. The molecule has 1 fully saturated rings. The van der Waals surface area contributed by atoms with Crippen LogP contribution in [0.3, 0.4) is 0 Å². The van der Waals surface area contributed by atoms with E-state index in [9.17, 15) is 13.2 Å². The molecule has 1 heterocycles. The summed E-state index contributed by atoms with van der Waals surface area (Å²) in [7, 11) is 0. The van der Waals surface area contributed by atoms with Crippen molar-refractivity contribution >= 4 is 28.9 Å². The number of hydrazone groups is 1. The number of hydrogen-bond donors (Lipinski definition) is 1. The van der Waals surface area contributed by atoms with Gasteiger partial charge in [-0.05, 0) is 35.4 Å². The molecular formula is C25H28F4N4S. The van der Waals surface area contributed by atoms with Crippen LogP contribution in [0, 0.1) is 17.6 Å². The van der Waals surface area contributed by atoms with Gasteiger partial charge in [-0.3, -0.25) is 0 Å². The van der Waals surface area contributed by atoms with Gasteiger partial charge in [0.25, 0.3) is 6.43 Å². The highest BCUT2D eigenvalue weighted by Gasteiger charge is 2.32. The van der Waals surface area contributed by atoms with E-state index in [-0.39, 0.29) is 24.5 Å². The molecule has 34 heavy (non-hydrogen) atoms. The van der Waals surface area contributed by atoms with Crippen LogP contribution in [0.1, 0.15) is 24.5 Å². The van der Waals surface area contributed by atoms with Gasteiger partial charge >= 0.3 is 0 Å². The Morgan fingerprint density at radius 3 is 2.53 bits per heavy atom. The Labute approximate surface area is 201 Å². The van der Waals surface area contributed by atoms with Gasteiger partial charge in [0.2, 0.25) is 0 Å². The maximum Gasteiger partial charge on any atom is 0.278 e. The molecule has 182 valence electrons. The van der Waals surface area contributed by atoms with Crippen LogP contribution in [0.15, 0.2) is 66.4 Å². The third-order valence-electron chi connectivity index (χ3n) is 5.70. The zero-order valence-corrected chi connectivity index (χ0v) is 19.8. The molecule has 0 unspecified atom stereocenters. The van der Waals surface area contributed by atoms with E-state index in [0.717, 1.165) is 24.5 Å². The highest BCUT2D eigenvalue weighted by atomic mass is 32.2. The van der Waals surface area contributed by atoms with Crippen molar-refractivity contribution in [3.8, 4) is 0 Å². The van der Waals surface area contributed by atoms with Crippen LogP contribution in [0.5, 0.6) is 0 Å². The number of allylic oxidation sites excluding steroid dienone is 1. The van der Waals surface area contributed by atoms with E-state index in [1.165, 1.54) is 18.2 Å². The van der Waals surface area contributed by atoms with Crippen LogP contribution >= 0.6 is 11.9 Å². The van der Waals surface area contributed by atoms with Gasteiger partial charge in [-0.15, -0.1) is 0 Å². The molecule has 0 saturated carbocycles. The molecule has 0 aliphatic carbocycles. The third-order valence-corrected chi connectivity index (χ3v) is 6.62. The van der Waals surface area contributed by atoms with E-state index in [0.29, 0.717) is 16.8 Å². The number of halogens is 4. The molecule has 2 N–H and O–H groups in total. The lowest BCUT2D eigenvalue weighted by atomic mass is 9.97. The second-order valence-electron chi connectivity index (χ2n) is 8.03. The average molecular weight is 493 g/mol. The second-order valence-corrected chi connectivity index (χ2v) is 9.38. The van der Waals surface area contributed by atoms with Crippen LogP contribution in [0.25, 0.3) is 5.57 Å². The van der Waals surface area contributed by atoms with Crippen LogP contribution < -0.4 is 10.7 Å². The van der Waals surface area contributed by atoms with Crippen LogP contribution in [0.2, 0.25) is 0 Å². The average Bonchev–Trinajstić information content (AvgIpc) is 2.77. The summed E-state index contributed by atoms with van der Waals surface area (Å²) in [5.41, 5.74) is 1.88. The molecule has 3 rings (SSSR count). The summed E-state index contributed by atoms with van der Waals surface area (Å²) in [6, 6.07) is 10.6. The van der Waals surface area contributed by atoms with E-state index in [1.807, 2.05) is 4.90 Å². The van der Waals surface area contributed by atoms with Crippen molar-refractivity contribution in [2.24, 2.45) is 16.9 Å². The van der Waals surface area contributed by atoms with Gasteiger partial charge in [0.15, 0.2) is 0 Å². The minimum Gasteiger partial charge on any atom is -0.341 e. The second kappa shape index (κ2) is 11.6. The zero-order valence-electron chi connectivity index (χ0n) is 19.0. The van der Waals surface area contributed by atoms with E-state index >= 15 is 4.39 Å². The van der Waals surface area contributed by atoms with Gasteiger partial charge in [0, 0.05) is 48.1 Å². The number of hydrogen-bond acceptors (Lipinski definition) is 5. The minimum absolute atomic E-state index is 0.144. The predicted octanol–water partition coefficient (Wildman–Crippen LogP) is 6.07. The molecule has 9 heteroatoms. The number of anilines is 1. The van der Waals surface area contributed by atoms with Gasteiger partial charge in [-0.25, -0.2) is 21.9 Å². The first-order valence-electron chi connectivity index (χ1n) is 10.8. The molecule has 0 atom stereocenters. The fourth-order valence-electron chi connectivity index (χ4n) is 3.73. The molecule has 1 saturated heterocycles. The molecule has 0 aromatic heterocycles. The molecule has 0 spiro atoms. The maximum atomic E-state index is 15.1. The van der Waals surface area contributed by atoms with Crippen molar-refractivity contribution in [3.63, 3.8) is 0 Å².